The highest BCUT2D eigenvalue weighted by molar-refractivity contribution is 7.89. The van der Waals surface area contributed by atoms with Crippen molar-refractivity contribution in [3.8, 4) is 5.75 Å². The molecule has 0 aliphatic heterocycles. The Morgan fingerprint density at radius 3 is 2.61 bits per heavy atom. The van der Waals surface area contributed by atoms with E-state index >= 15 is 0 Å². The number of hydrogen-bond acceptors (Lipinski definition) is 4. The molecule has 0 heterocycles. The highest BCUT2D eigenvalue weighted by Gasteiger charge is 2.28. The molecule has 0 radical (unpaired) electrons. The zero-order chi connectivity index (χ0) is 17.0. The monoisotopic (exact) mass is 340 g/mol. The van der Waals surface area contributed by atoms with Crippen molar-refractivity contribution in [3.05, 3.63) is 18.2 Å². The maximum absolute atomic E-state index is 12.3. The van der Waals surface area contributed by atoms with Gasteiger partial charge in [-0.05, 0) is 43.4 Å². The fourth-order valence-corrected chi connectivity index (χ4v) is 3.40. The maximum Gasteiger partial charge on any atom is 0.240 e. The minimum atomic E-state index is -3.56. The Balaban J connectivity index is 2.16. The zero-order valence-electron chi connectivity index (χ0n) is 13.8. The quantitative estimate of drug-likeness (QED) is 0.761. The van der Waals surface area contributed by atoms with E-state index in [1.807, 2.05) is 13.8 Å². The van der Waals surface area contributed by atoms with Gasteiger partial charge in [0.25, 0.3) is 0 Å². The van der Waals surface area contributed by atoms with Crippen LogP contribution in [0.2, 0.25) is 0 Å². The molecule has 0 bridgehead atoms. The van der Waals surface area contributed by atoms with Gasteiger partial charge in [-0.25, -0.2) is 13.1 Å². The molecule has 1 amide bonds. The minimum absolute atomic E-state index is 0.0335. The normalized spacial score (nSPS) is 14.8. The lowest BCUT2D eigenvalue weighted by atomic mass is 10.1. The van der Waals surface area contributed by atoms with E-state index in [0.29, 0.717) is 23.8 Å². The van der Waals surface area contributed by atoms with E-state index in [1.165, 1.54) is 19.2 Å². The van der Waals surface area contributed by atoms with Gasteiger partial charge in [-0.3, -0.25) is 4.79 Å². The van der Waals surface area contributed by atoms with Gasteiger partial charge < -0.3 is 10.1 Å². The number of ether oxygens (including phenoxy) is 1. The van der Waals surface area contributed by atoms with Gasteiger partial charge in [-0.15, -0.1) is 0 Å². The lowest BCUT2D eigenvalue weighted by Gasteiger charge is -2.13. The van der Waals surface area contributed by atoms with Crippen LogP contribution in [0.5, 0.6) is 5.75 Å². The highest BCUT2D eigenvalue weighted by Crippen LogP contribution is 2.29. The predicted octanol–water partition coefficient (Wildman–Crippen LogP) is 2.51. The standard InChI is InChI=1S/C16H24N2O4S/c1-11(2)4-9-16(19)17-14-10-13(7-8-15(14)22-3)23(20,21)18-12-5-6-12/h7-8,10-12,18H,4-6,9H2,1-3H3,(H,17,19). The molecule has 23 heavy (non-hydrogen) atoms. The zero-order valence-corrected chi connectivity index (χ0v) is 14.6. The Morgan fingerprint density at radius 2 is 2.04 bits per heavy atom. The van der Waals surface area contributed by atoms with Crippen LogP contribution in [-0.2, 0) is 14.8 Å². The third-order valence-corrected chi connectivity index (χ3v) is 5.12. The lowest BCUT2D eigenvalue weighted by molar-refractivity contribution is -0.116. The van der Waals surface area contributed by atoms with Crippen LogP contribution in [0.4, 0.5) is 5.69 Å². The van der Waals surface area contributed by atoms with E-state index in [1.54, 1.807) is 6.07 Å². The van der Waals surface area contributed by atoms with E-state index < -0.39 is 10.0 Å². The van der Waals surface area contributed by atoms with E-state index in [2.05, 4.69) is 10.0 Å². The molecule has 2 N–H and O–H groups in total. The third kappa shape index (κ3) is 5.21. The van der Waals surface area contributed by atoms with Gasteiger partial charge in [0, 0.05) is 12.5 Å². The smallest absolute Gasteiger partial charge is 0.240 e. The number of methoxy groups -OCH3 is 1. The van der Waals surface area contributed by atoms with Crippen molar-refractivity contribution in [1.29, 1.82) is 0 Å². The molecule has 1 aromatic carbocycles. The molecule has 6 nitrogen and oxygen atoms in total. The van der Waals surface area contributed by atoms with Gasteiger partial charge in [0.15, 0.2) is 0 Å². The number of hydrogen-bond donors (Lipinski definition) is 2. The molecule has 1 aliphatic rings. The first-order chi connectivity index (χ1) is 10.8. The molecular formula is C16H24N2O4S. The van der Waals surface area contributed by atoms with Crippen molar-refractivity contribution in [3.63, 3.8) is 0 Å². The van der Waals surface area contributed by atoms with E-state index in [0.717, 1.165) is 19.3 Å². The second-order valence-corrected chi connectivity index (χ2v) is 7.95. The summed E-state index contributed by atoms with van der Waals surface area (Å²) in [5.74, 6) is 0.715. The molecule has 0 unspecified atom stereocenters. The maximum atomic E-state index is 12.3. The predicted molar refractivity (Wildman–Crippen MR) is 89.0 cm³/mol. The van der Waals surface area contributed by atoms with Gasteiger partial charge in [-0.2, -0.15) is 0 Å². The molecule has 0 spiro atoms. The number of nitrogens with one attached hydrogen (secondary N) is 2. The van der Waals surface area contributed by atoms with Crippen molar-refractivity contribution in [1.82, 2.24) is 4.72 Å². The van der Waals surface area contributed by atoms with E-state index in [9.17, 15) is 13.2 Å². The van der Waals surface area contributed by atoms with Crippen LogP contribution in [0.15, 0.2) is 23.1 Å². The van der Waals surface area contributed by atoms with Crippen LogP contribution in [0.25, 0.3) is 0 Å². The van der Waals surface area contributed by atoms with Gasteiger partial charge >= 0.3 is 0 Å². The Kier molecular flexibility index (Phi) is 5.64. The average Bonchev–Trinajstić information content (AvgIpc) is 3.28. The number of benzene rings is 1. The molecule has 1 aliphatic carbocycles. The Hall–Kier alpha value is -1.60. The number of rotatable bonds is 8. The van der Waals surface area contributed by atoms with Crippen LogP contribution < -0.4 is 14.8 Å². The Morgan fingerprint density at radius 1 is 1.35 bits per heavy atom. The summed E-state index contributed by atoms with van der Waals surface area (Å²) in [4.78, 5) is 12.1. The first-order valence-corrected chi connectivity index (χ1v) is 9.30. The summed E-state index contributed by atoms with van der Waals surface area (Å²) in [5.41, 5.74) is 0.375. The molecule has 1 aromatic rings. The molecule has 1 saturated carbocycles. The fraction of sp³-hybridized carbons (Fsp3) is 0.562. The van der Waals surface area contributed by atoms with Crippen molar-refractivity contribution < 1.29 is 17.9 Å². The Bertz CT molecular complexity index is 667. The summed E-state index contributed by atoms with van der Waals surface area (Å²) >= 11 is 0. The summed E-state index contributed by atoms with van der Waals surface area (Å²) in [6, 6.07) is 4.51. The van der Waals surface area contributed by atoms with Crippen molar-refractivity contribution in [2.24, 2.45) is 5.92 Å². The number of anilines is 1. The lowest BCUT2D eigenvalue weighted by Crippen LogP contribution is -2.25. The van der Waals surface area contributed by atoms with Crippen LogP contribution in [0, 0.1) is 5.92 Å². The molecule has 128 valence electrons. The summed E-state index contributed by atoms with van der Waals surface area (Å²) in [6.07, 6.45) is 2.90. The van der Waals surface area contributed by atoms with E-state index in [-0.39, 0.29) is 16.8 Å². The minimum Gasteiger partial charge on any atom is -0.495 e. The van der Waals surface area contributed by atoms with E-state index in [4.69, 9.17) is 4.74 Å². The average molecular weight is 340 g/mol. The summed E-state index contributed by atoms with van der Waals surface area (Å²) < 4.78 is 32.4. The first-order valence-electron chi connectivity index (χ1n) is 7.82. The first kappa shape index (κ1) is 17.7. The summed E-state index contributed by atoms with van der Waals surface area (Å²) in [7, 11) is -2.08. The second kappa shape index (κ2) is 7.31. The fourth-order valence-electron chi connectivity index (χ4n) is 2.07. The van der Waals surface area contributed by atoms with Gasteiger partial charge in [0.2, 0.25) is 15.9 Å². The van der Waals surface area contributed by atoms with Crippen LogP contribution in [0.1, 0.15) is 39.5 Å². The molecule has 2 rings (SSSR count). The van der Waals surface area contributed by atoms with Crippen molar-refractivity contribution in [2.75, 3.05) is 12.4 Å². The second-order valence-electron chi connectivity index (χ2n) is 6.24. The van der Waals surface area contributed by atoms with Crippen LogP contribution in [-0.4, -0.2) is 27.5 Å². The number of carbonyl (C=O) groups is 1. The molecule has 0 saturated heterocycles. The number of amides is 1. The topological polar surface area (TPSA) is 84.5 Å². The molecular weight excluding hydrogens is 316 g/mol. The number of sulfonamides is 1. The Labute approximate surface area is 137 Å². The third-order valence-electron chi connectivity index (χ3n) is 3.60. The molecule has 0 atom stereocenters. The van der Waals surface area contributed by atoms with Gasteiger partial charge in [0.05, 0.1) is 17.7 Å². The van der Waals surface area contributed by atoms with Crippen molar-refractivity contribution >= 4 is 21.6 Å². The highest BCUT2D eigenvalue weighted by atomic mass is 32.2. The SMILES string of the molecule is COc1ccc(S(=O)(=O)NC2CC2)cc1NC(=O)CCC(C)C. The molecule has 1 fully saturated rings. The largest absolute Gasteiger partial charge is 0.495 e. The molecule has 7 heteroatoms. The van der Waals surface area contributed by atoms with Gasteiger partial charge in [0.1, 0.15) is 5.75 Å². The summed E-state index contributed by atoms with van der Waals surface area (Å²) in [6.45, 7) is 4.09. The van der Waals surface area contributed by atoms with Crippen LogP contribution in [0.3, 0.4) is 0 Å². The van der Waals surface area contributed by atoms with Crippen molar-refractivity contribution in [2.45, 2.75) is 50.5 Å². The summed E-state index contributed by atoms with van der Waals surface area (Å²) in [5, 5.41) is 2.74. The van der Waals surface area contributed by atoms with Gasteiger partial charge in [-0.1, -0.05) is 13.8 Å². The number of carbonyl (C=O) groups excluding carboxylic acids is 1. The van der Waals surface area contributed by atoms with Crippen LogP contribution >= 0.6 is 0 Å². The molecule has 0 aromatic heterocycles.